The number of aromatic nitrogens is 3. The molecule has 3 heterocycles. The zero-order valence-electron chi connectivity index (χ0n) is 15.1. The molecule has 0 bridgehead atoms. The van der Waals surface area contributed by atoms with Crippen LogP contribution in [0.25, 0.3) is 0 Å². The Morgan fingerprint density at radius 3 is 2.81 bits per heavy atom. The molecule has 0 aromatic carbocycles. The summed E-state index contributed by atoms with van der Waals surface area (Å²) in [5, 5.41) is 10.6. The number of fused-ring (bicyclic) bond motifs is 1. The zero-order valence-corrected chi connectivity index (χ0v) is 15.1. The summed E-state index contributed by atoms with van der Waals surface area (Å²) in [4.78, 5) is 29.3. The molecule has 1 saturated heterocycles. The van der Waals surface area contributed by atoms with Gasteiger partial charge in [-0.3, -0.25) is 14.9 Å². The minimum atomic E-state index is -0.392. The normalized spacial score (nSPS) is 18.0. The van der Waals surface area contributed by atoms with Crippen LogP contribution in [0.3, 0.4) is 0 Å². The summed E-state index contributed by atoms with van der Waals surface area (Å²) in [5.74, 6) is 1.94. The van der Waals surface area contributed by atoms with Crippen LogP contribution in [0.2, 0.25) is 0 Å². The Morgan fingerprint density at radius 1 is 1.31 bits per heavy atom. The molecule has 0 spiro atoms. The summed E-state index contributed by atoms with van der Waals surface area (Å²) in [7, 11) is 1.76. The van der Waals surface area contributed by atoms with E-state index in [9.17, 15) is 9.59 Å². The van der Waals surface area contributed by atoms with Gasteiger partial charge >= 0.3 is 0 Å². The van der Waals surface area contributed by atoms with Crippen LogP contribution in [0.4, 0.5) is 5.95 Å². The van der Waals surface area contributed by atoms with E-state index in [2.05, 4.69) is 20.7 Å². The number of hydrogen-bond acceptors (Lipinski definition) is 6. The van der Waals surface area contributed by atoms with Crippen molar-refractivity contribution in [3.05, 3.63) is 28.5 Å². The number of nitrogens with one attached hydrogen (secondary N) is 2. The number of nitrogens with zero attached hydrogens (tertiary/aromatic N) is 3. The summed E-state index contributed by atoms with van der Waals surface area (Å²) in [5.41, 5.74) is 1.19. The van der Waals surface area contributed by atoms with Crippen LogP contribution < -0.4 is 10.6 Å². The van der Waals surface area contributed by atoms with Crippen molar-refractivity contribution in [1.82, 2.24) is 20.1 Å². The van der Waals surface area contributed by atoms with E-state index in [1.54, 1.807) is 18.7 Å². The van der Waals surface area contributed by atoms with Gasteiger partial charge in [0, 0.05) is 31.4 Å². The number of hydrogen-bond donors (Lipinski definition) is 2. The summed E-state index contributed by atoms with van der Waals surface area (Å²) in [6.45, 7) is 3.67. The predicted molar refractivity (Wildman–Crippen MR) is 94.5 cm³/mol. The smallest absolute Gasteiger partial charge is 0.294 e. The minimum absolute atomic E-state index is 0.0541. The number of rotatable bonds is 3. The highest BCUT2D eigenvalue weighted by Crippen LogP contribution is 2.30. The monoisotopic (exact) mass is 357 g/mol. The van der Waals surface area contributed by atoms with E-state index < -0.39 is 5.91 Å². The molecule has 1 aliphatic carbocycles. The van der Waals surface area contributed by atoms with Crippen LogP contribution >= 0.6 is 0 Å². The predicted octanol–water partition coefficient (Wildman–Crippen LogP) is 1.95. The molecule has 26 heavy (non-hydrogen) atoms. The molecule has 0 atom stereocenters. The van der Waals surface area contributed by atoms with Gasteiger partial charge in [-0.15, -0.1) is 0 Å². The second-order valence-electron chi connectivity index (χ2n) is 7.03. The second kappa shape index (κ2) is 6.68. The van der Waals surface area contributed by atoms with Crippen LogP contribution in [-0.4, -0.2) is 39.5 Å². The van der Waals surface area contributed by atoms with E-state index in [-0.39, 0.29) is 11.5 Å². The maximum absolute atomic E-state index is 12.7. The third-order valence-electron chi connectivity index (χ3n) is 5.22. The van der Waals surface area contributed by atoms with E-state index in [4.69, 9.17) is 4.42 Å². The topological polar surface area (TPSA) is 102 Å². The SMILES string of the molecule is Cc1c(C(=O)Nc2nc(C3CCNCC3)nn2C)oc2c1C(=O)CCC2. The first-order valence-electron chi connectivity index (χ1n) is 9.13. The van der Waals surface area contributed by atoms with Gasteiger partial charge in [-0.05, 0) is 39.3 Å². The van der Waals surface area contributed by atoms with Gasteiger partial charge in [0.1, 0.15) is 5.76 Å². The largest absolute Gasteiger partial charge is 0.455 e. The number of furan rings is 1. The average Bonchev–Trinajstić information content (AvgIpc) is 3.17. The molecule has 2 aromatic heterocycles. The molecule has 8 nitrogen and oxygen atoms in total. The molecule has 2 aliphatic rings. The molecule has 4 rings (SSSR count). The van der Waals surface area contributed by atoms with Crippen molar-refractivity contribution in [3.63, 3.8) is 0 Å². The first-order valence-corrected chi connectivity index (χ1v) is 9.13. The lowest BCUT2D eigenvalue weighted by Crippen LogP contribution is -2.27. The number of carbonyl (C=O) groups excluding carboxylic acids is 2. The van der Waals surface area contributed by atoms with Crippen LogP contribution in [0.15, 0.2) is 4.42 Å². The van der Waals surface area contributed by atoms with Crippen molar-refractivity contribution in [2.24, 2.45) is 7.05 Å². The van der Waals surface area contributed by atoms with Crippen molar-refractivity contribution < 1.29 is 14.0 Å². The first-order chi connectivity index (χ1) is 12.5. The number of aryl methyl sites for hydroxylation is 2. The quantitative estimate of drug-likeness (QED) is 0.870. The lowest BCUT2D eigenvalue weighted by Gasteiger charge is -2.19. The molecule has 2 N–H and O–H groups in total. The van der Waals surface area contributed by atoms with Crippen LogP contribution in [-0.2, 0) is 13.5 Å². The van der Waals surface area contributed by atoms with Crippen molar-refractivity contribution >= 4 is 17.6 Å². The standard InChI is InChI=1S/C18H23N5O3/c1-10-14-12(24)4-3-5-13(14)26-15(10)17(25)21-18-20-16(22-23(18)2)11-6-8-19-9-7-11/h11,19H,3-9H2,1-2H3,(H,20,21,22,25). The maximum atomic E-state index is 12.7. The third kappa shape index (κ3) is 2.94. The molecule has 0 unspecified atom stereocenters. The highest BCUT2D eigenvalue weighted by Gasteiger charge is 2.29. The van der Waals surface area contributed by atoms with E-state index in [0.717, 1.165) is 38.2 Å². The molecule has 1 amide bonds. The molecule has 1 aliphatic heterocycles. The highest BCUT2D eigenvalue weighted by atomic mass is 16.4. The Hall–Kier alpha value is -2.48. The highest BCUT2D eigenvalue weighted by molar-refractivity contribution is 6.07. The molecular formula is C18H23N5O3. The van der Waals surface area contributed by atoms with Gasteiger partial charge in [0.2, 0.25) is 5.95 Å². The number of carbonyl (C=O) groups is 2. The van der Waals surface area contributed by atoms with Crippen LogP contribution in [0.1, 0.15) is 69.7 Å². The number of Topliss-reactive ketones (excluding diaryl/α,β-unsaturated/α-hetero) is 1. The average molecular weight is 357 g/mol. The summed E-state index contributed by atoms with van der Waals surface area (Å²) in [6, 6.07) is 0. The van der Waals surface area contributed by atoms with Gasteiger partial charge < -0.3 is 9.73 Å². The number of ketones is 1. The molecule has 8 heteroatoms. The Kier molecular flexibility index (Phi) is 4.36. The van der Waals surface area contributed by atoms with Crippen LogP contribution in [0.5, 0.6) is 0 Å². The lowest BCUT2D eigenvalue weighted by atomic mass is 9.94. The fourth-order valence-corrected chi connectivity index (χ4v) is 3.79. The Bertz CT molecular complexity index is 861. The lowest BCUT2D eigenvalue weighted by molar-refractivity contribution is 0.0963. The molecule has 0 saturated carbocycles. The summed E-state index contributed by atoms with van der Waals surface area (Å²) in [6.07, 6.45) is 3.95. The summed E-state index contributed by atoms with van der Waals surface area (Å²) >= 11 is 0. The fourth-order valence-electron chi connectivity index (χ4n) is 3.79. The zero-order chi connectivity index (χ0) is 18.3. The molecule has 138 valence electrons. The van der Waals surface area contributed by atoms with Gasteiger partial charge in [0.25, 0.3) is 5.91 Å². The Balaban J connectivity index is 1.55. The first kappa shape index (κ1) is 17.0. The molecule has 0 radical (unpaired) electrons. The Morgan fingerprint density at radius 2 is 2.08 bits per heavy atom. The second-order valence-corrected chi connectivity index (χ2v) is 7.03. The van der Waals surface area contributed by atoms with Crippen LogP contribution in [0, 0.1) is 6.92 Å². The number of amides is 1. The number of piperidine rings is 1. The van der Waals surface area contributed by atoms with E-state index in [1.807, 2.05) is 0 Å². The molecule has 1 fully saturated rings. The fraction of sp³-hybridized carbons (Fsp3) is 0.556. The van der Waals surface area contributed by atoms with E-state index in [0.29, 0.717) is 41.6 Å². The maximum Gasteiger partial charge on any atom is 0.294 e. The minimum Gasteiger partial charge on any atom is -0.455 e. The van der Waals surface area contributed by atoms with Crippen molar-refractivity contribution in [3.8, 4) is 0 Å². The van der Waals surface area contributed by atoms with Gasteiger partial charge in [0.15, 0.2) is 17.4 Å². The van der Waals surface area contributed by atoms with Crippen molar-refractivity contribution in [2.45, 2.75) is 44.9 Å². The van der Waals surface area contributed by atoms with Gasteiger partial charge in [-0.1, -0.05) is 0 Å². The Labute approximate surface area is 151 Å². The summed E-state index contributed by atoms with van der Waals surface area (Å²) < 4.78 is 7.29. The van der Waals surface area contributed by atoms with E-state index >= 15 is 0 Å². The van der Waals surface area contributed by atoms with Crippen molar-refractivity contribution in [2.75, 3.05) is 18.4 Å². The molecule has 2 aromatic rings. The number of anilines is 1. The van der Waals surface area contributed by atoms with Gasteiger partial charge in [0.05, 0.1) is 5.56 Å². The van der Waals surface area contributed by atoms with Gasteiger partial charge in [-0.2, -0.15) is 10.1 Å². The van der Waals surface area contributed by atoms with E-state index in [1.165, 1.54) is 0 Å². The molecular weight excluding hydrogens is 334 g/mol. The van der Waals surface area contributed by atoms with Gasteiger partial charge in [-0.25, -0.2) is 4.68 Å². The van der Waals surface area contributed by atoms with Crippen molar-refractivity contribution in [1.29, 1.82) is 0 Å². The third-order valence-corrected chi connectivity index (χ3v) is 5.22.